The number of halogens is 1. The third-order valence-electron chi connectivity index (χ3n) is 7.76. The molecule has 7 nitrogen and oxygen atoms in total. The number of carboxylic acid groups (broad SMARTS) is 1. The van der Waals surface area contributed by atoms with E-state index in [1.165, 1.54) is 0 Å². The van der Waals surface area contributed by atoms with Crippen LogP contribution in [0.15, 0.2) is 104 Å². The highest BCUT2D eigenvalue weighted by Gasteiger charge is 2.27. The first-order valence-corrected chi connectivity index (χ1v) is 14.5. The molecule has 0 unspecified atom stereocenters. The first-order chi connectivity index (χ1) is 21.0. The third-order valence-corrected chi connectivity index (χ3v) is 7.76. The van der Waals surface area contributed by atoms with E-state index in [0.717, 1.165) is 50.4 Å². The van der Waals surface area contributed by atoms with Gasteiger partial charge in [0.1, 0.15) is 12.7 Å². The van der Waals surface area contributed by atoms with Crippen molar-refractivity contribution in [1.82, 2.24) is 9.78 Å². The molecule has 44 heavy (non-hydrogen) atoms. The number of hydrogen-bond acceptors (Lipinski definition) is 3. The Morgan fingerprint density at radius 1 is 0.818 bits per heavy atom. The molecule has 0 spiro atoms. The van der Waals surface area contributed by atoms with E-state index in [9.17, 15) is 9.59 Å². The second kappa shape index (κ2) is 13.8. The van der Waals surface area contributed by atoms with E-state index in [-0.39, 0.29) is 36.3 Å². The van der Waals surface area contributed by atoms with E-state index < -0.39 is 5.97 Å². The minimum Gasteiger partial charge on any atom is -1.00 e. The second-order valence-corrected chi connectivity index (χ2v) is 10.8. The zero-order valence-electron chi connectivity index (χ0n) is 24.4. The lowest BCUT2D eigenvalue weighted by Crippen LogP contribution is -3.00. The summed E-state index contributed by atoms with van der Waals surface area (Å²) in [6.07, 6.45) is 11.7. The molecule has 0 fully saturated rings. The fourth-order valence-electron chi connectivity index (χ4n) is 5.45. The molecule has 8 heteroatoms. The van der Waals surface area contributed by atoms with Crippen LogP contribution in [-0.2, 0) is 23.2 Å². The summed E-state index contributed by atoms with van der Waals surface area (Å²) < 4.78 is 3.92. The van der Waals surface area contributed by atoms with E-state index in [2.05, 4.69) is 54.6 Å². The van der Waals surface area contributed by atoms with Gasteiger partial charge in [0.2, 0.25) is 5.91 Å². The van der Waals surface area contributed by atoms with Crippen LogP contribution in [0.25, 0.3) is 40.2 Å². The van der Waals surface area contributed by atoms with Gasteiger partial charge >= 0.3 is 5.97 Å². The molecule has 1 amide bonds. The fourth-order valence-corrected chi connectivity index (χ4v) is 5.45. The quantitative estimate of drug-likeness (QED) is 0.153. The normalized spacial score (nSPS) is 12.0. The summed E-state index contributed by atoms with van der Waals surface area (Å²) >= 11 is 0. The van der Waals surface area contributed by atoms with Crippen molar-refractivity contribution >= 4 is 29.7 Å². The van der Waals surface area contributed by atoms with Crippen molar-refractivity contribution in [2.75, 3.05) is 4.90 Å². The number of nitrogens with zero attached hydrogens (tertiary/aromatic N) is 4. The lowest BCUT2D eigenvalue weighted by atomic mass is 9.93. The molecule has 0 saturated heterocycles. The van der Waals surface area contributed by atoms with Crippen molar-refractivity contribution in [3.63, 3.8) is 0 Å². The van der Waals surface area contributed by atoms with Crippen LogP contribution in [0.5, 0.6) is 0 Å². The first kappa shape index (κ1) is 30.9. The molecule has 1 aliphatic heterocycles. The number of rotatable bonds is 8. The molecule has 0 saturated carbocycles. The highest BCUT2D eigenvalue weighted by Crippen LogP contribution is 2.42. The standard InChI is InChI=1S/C36H32N4O3.HI/c1-38-22-20-27(21-23-38)15-14-26-16-18-29(19-17-26)40-25-32-31-10-4-5-11-33(31)39(34(41)12-6-7-13-35(42)43)24-28-8-2-3-9-30(28)36(32)37-40;/h2-5,8-11,14-23,25H,6-7,12-13,24H2,1H3;1H. The molecule has 222 valence electrons. The molecule has 5 aromatic rings. The number of para-hydroxylation sites is 1. The van der Waals surface area contributed by atoms with Crippen molar-refractivity contribution in [3.8, 4) is 28.1 Å². The topological polar surface area (TPSA) is 79.3 Å². The zero-order chi connectivity index (χ0) is 29.8. The third kappa shape index (κ3) is 6.81. The van der Waals surface area contributed by atoms with Crippen LogP contribution in [0.2, 0.25) is 0 Å². The number of anilines is 1. The molecule has 0 bridgehead atoms. The summed E-state index contributed by atoms with van der Waals surface area (Å²) in [6, 6.07) is 28.5. The molecule has 2 aromatic heterocycles. The molecular weight excluding hydrogens is 663 g/mol. The Balaban J connectivity index is 0.00000384. The summed E-state index contributed by atoms with van der Waals surface area (Å²) in [6.45, 7) is 0.415. The monoisotopic (exact) mass is 696 g/mol. The van der Waals surface area contributed by atoms with Crippen molar-refractivity contribution in [1.29, 1.82) is 0 Å². The molecule has 3 aromatic carbocycles. The van der Waals surface area contributed by atoms with Crippen LogP contribution in [0.3, 0.4) is 0 Å². The van der Waals surface area contributed by atoms with E-state index in [1.807, 2.05) is 82.3 Å². The number of carboxylic acids is 1. The average molecular weight is 697 g/mol. The summed E-state index contributed by atoms with van der Waals surface area (Å²) in [4.78, 5) is 26.4. The van der Waals surface area contributed by atoms with E-state index in [4.69, 9.17) is 10.2 Å². The van der Waals surface area contributed by atoms with Gasteiger partial charge in [-0.2, -0.15) is 5.10 Å². The number of aryl methyl sites for hydroxylation is 1. The number of unbranched alkanes of at least 4 members (excludes halogenated alkanes) is 1. The number of fused-ring (bicyclic) bond motifs is 5. The van der Waals surface area contributed by atoms with Crippen LogP contribution in [-0.4, -0.2) is 26.8 Å². The molecule has 0 aliphatic carbocycles. The van der Waals surface area contributed by atoms with Gasteiger partial charge in [-0.15, -0.1) is 0 Å². The summed E-state index contributed by atoms with van der Waals surface area (Å²) in [5.74, 6) is -0.855. The Morgan fingerprint density at radius 3 is 2.18 bits per heavy atom. The summed E-state index contributed by atoms with van der Waals surface area (Å²) in [7, 11) is 2.00. The van der Waals surface area contributed by atoms with E-state index in [0.29, 0.717) is 25.8 Å². The van der Waals surface area contributed by atoms with Gasteiger partial charge in [0.05, 0.1) is 17.9 Å². The molecule has 3 heterocycles. The smallest absolute Gasteiger partial charge is 0.303 e. The molecule has 1 N–H and O–H groups in total. The summed E-state index contributed by atoms with van der Waals surface area (Å²) in [5.41, 5.74) is 8.77. The lowest BCUT2D eigenvalue weighted by Gasteiger charge is -2.28. The zero-order valence-corrected chi connectivity index (χ0v) is 26.6. The predicted molar refractivity (Wildman–Crippen MR) is 168 cm³/mol. The SMILES string of the molecule is C[n+]1ccc(/C=C/c2ccc(-n3cc4c(n3)-c3ccccc3CN(C(=O)CCCCC(=O)O)c3ccccc3-4)cc2)cc1.[I-]. The number of amides is 1. The number of benzene rings is 3. The van der Waals surface area contributed by atoms with Crippen molar-refractivity contribution in [2.24, 2.45) is 7.05 Å². The summed E-state index contributed by atoms with van der Waals surface area (Å²) in [5, 5.41) is 14.1. The Kier molecular flexibility index (Phi) is 9.69. The Labute approximate surface area is 274 Å². The van der Waals surface area contributed by atoms with Crippen LogP contribution < -0.4 is 33.4 Å². The van der Waals surface area contributed by atoms with Crippen LogP contribution in [0.4, 0.5) is 5.69 Å². The number of aromatic nitrogens is 3. The fraction of sp³-hybridized carbons (Fsp3) is 0.167. The van der Waals surface area contributed by atoms with Gasteiger partial charge in [-0.05, 0) is 47.7 Å². The molecule has 0 atom stereocenters. The molecule has 6 rings (SSSR count). The average Bonchev–Trinajstić information content (AvgIpc) is 3.46. The number of aliphatic carboxylic acids is 1. The highest BCUT2D eigenvalue weighted by molar-refractivity contribution is 6.00. The minimum atomic E-state index is -0.838. The molecular formula is C36H33IN4O3. The predicted octanol–water partition coefficient (Wildman–Crippen LogP) is 3.70. The van der Waals surface area contributed by atoms with Crippen molar-refractivity contribution in [2.45, 2.75) is 32.2 Å². The maximum Gasteiger partial charge on any atom is 0.303 e. The number of carbonyl (C=O) groups is 2. The number of hydrogen-bond donors (Lipinski definition) is 1. The minimum absolute atomic E-state index is 0. The lowest BCUT2D eigenvalue weighted by molar-refractivity contribution is -0.671. The van der Waals surface area contributed by atoms with Gasteiger partial charge in [0.25, 0.3) is 0 Å². The van der Waals surface area contributed by atoms with Gasteiger partial charge in [-0.1, -0.05) is 66.7 Å². The van der Waals surface area contributed by atoms with Gasteiger partial charge < -0.3 is 34.0 Å². The maximum atomic E-state index is 13.6. The molecule has 0 radical (unpaired) electrons. The second-order valence-electron chi connectivity index (χ2n) is 10.8. The first-order valence-electron chi connectivity index (χ1n) is 14.5. The highest BCUT2D eigenvalue weighted by atomic mass is 127. The van der Waals surface area contributed by atoms with Gasteiger partial charge in [0, 0.05) is 47.9 Å². The van der Waals surface area contributed by atoms with Crippen LogP contribution >= 0.6 is 0 Å². The number of pyridine rings is 1. The van der Waals surface area contributed by atoms with Gasteiger partial charge in [0.15, 0.2) is 12.4 Å². The van der Waals surface area contributed by atoms with Gasteiger partial charge in [-0.3, -0.25) is 9.59 Å². The molecule has 1 aliphatic rings. The van der Waals surface area contributed by atoms with Gasteiger partial charge in [-0.25, -0.2) is 9.25 Å². The van der Waals surface area contributed by atoms with Crippen LogP contribution in [0.1, 0.15) is 42.4 Å². The van der Waals surface area contributed by atoms with E-state index in [1.54, 1.807) is 0 Å². The van der Waals surface area contributed by atoms with Crippen LogP contribution in [0, 0.1) is 0 Å². The number of carbonyl (C=O) groups excluding carboxylic acids is 1. The van der Waals surface area contributed by atoms with E-state index >= 15 is 0 Å². The largest absolute Gasteiger partial charge is 1.00 e. The maximum absolute atomic E-state index is 13.6. The Bertz CT molecular complexity index is 1810. The van der Waals surface area contributed by atoms with Crippen molar-refractivity contribution < 1.29 is 43.2 Å². The van der Waals surface area contributed by atoms with Crippen molar-refractivity contribution in [3.05, 3.63) is 120 Å². The Morgan fingerprint density at radius 2 is 1.45 bits per heavy atom. The Hall–Kier alpha value is -4.57.